The third-order valence-electron chi connectivity index (χ3n) is 2.50. The lowest BCUT2D eigenvalue weighted by atomic mass is 10.0. The Kier molecular flexibility index (Phi) is 3.00. The third kappa shape index (κ3) is 2.38. The molecule has 0 aliphatic heterocycles. The molecule has 0 amide bonds. The predicted octanol–water partition coefficient (Wildman–Crippen LogP) is 3.50. The molecule has 0 aromatic heterocycles. The zero-order chi connectivity index (χ0) is 12.4. The molecule has 0 radical (unpaired) electrons. The van der Waals surface area contributed by atoms with Crippen molar-refractivity contribution in [1.82, 2.24) is 0 Å². The molecule has 0 saturated heterocycles. The van der Waals surface area contributed by atoms with Gasteiger partial charge in [-0.05, 0) is 25.1 Å². The molecule has 0 unspecified atom stereocenters. The van der Waals surface area contributed by atoms with Gasteiger partial charge >= 0.3 is 0 Å². The molecule has 0 fully saturated rings. The van der Waals surface area contributed by atoms with Crippen molar-refractivity contribution in [1.29, 1.82) is 0 Å². The molecule has 0 bridgehead atoms. The summed E-state index contributed by atoms with van der Waals surface area (Å²) in [6.45, 7) is 1.91. The highest BCUT2D eigenvalue weighted by atomic mass is 19.2. The summed E-state index contributed by atoms with van der Waals surface area (Å²) < 4.78 is 25.7. The fraction of sp³-hybridized carbons (Fsp3) is 0.0714. The van der Waals surface area contributed by atoms with Gasteiger partial charge in [0.15, 0.2) is 17.4 Å². The molecular weight excluding hydrogens is 222 g/mol. The minimum Gasteiger partial charge on any atom is -0.289 e. The van der Waals surface area contributed by atoms with Crippen molar-refractivity contribution in [3.05, 3.63) is 70.8 Å². The average Bonchev–Trinajstić information content (AvgIpc) is 2.33. The van der Waals surface area contributed by atoms with Crippen molar-refractivity contribution in [2.45, 2.75) is 6.92 Å². The molecular formula is C14H10F2O. The Labute approximate surface area is 97.7 Å². The molecule has 0 atom stereocenters. The van der Waals surface area contributed by atoms with E-state index in [1.807, 2.05) is 6.92 Å². The number of hydrogen-bond donors (Lipinski definition) is 0. The number of halogens is 2. The van der Waals surface area contributed by atoms with Crippen molar-refractivity contribution < 1.29 is 13.6 Å². The minimum atomic E-state index is -1.01. The summed E-state index contributed by atoms with van der Waals surface area (Å²) >= 11 is 0. The Morgan fingerprint density at radius 1 is 0.882 bits per heavy atom. The molecule has 3 heteroatoms. The van der Waals surface area contributed by atoms with Gasteiger partial charge in [-0.25, -0.2) is 8.78 Å². The monoisotopic (exact) mass is 232 g/mol. The van der Waals surface area contributed by atoms with Crippen LogP contribution in [0.3, 0.4) is 0 Å². The molecule has 2 rings (SSSR count). The van der Waals surface area contributed by atoms with Gasteiger partial charge in [0.05, 0.1) is 0 Å². The van der Waals surface area contributed by atoms with Crippen LogP contribution in [0.1, 0.15) is 21.5 Å². The summed E-state index contributed by atoms with van der Waals surface area (Å²) in [5.74, 6) is -2.28. The molecule has 17 heavy (non-hydrogen) atoms. The van der Waals surface area contributed by atoms with E-state index in [1.54, 1.807) is 24.3 Å². The lowest BCUT2D eigenvalue weighted by molar-refractivity contribution is 0.103. The van der Waals surface area contributed by atoms with Gasteiger partial charge in [-0.2, -0.15) is 0 Å². The fourth-order valence-corrected chi connectivity index (χ4v) is 1.51. The maximum absolute atomic E-state index is 13.0. The Morgan fingerprint density at radius 2 is 1.47 bits per heavy atom. The molecule has 0 N–H and O–H groups in total. The van der Waals surface area contributed by atoms with Gasteiger partial charge in [0.2, 0.25) is 0 Å². The zero-order valence-electron chi connectivity index (χ0n) is 9.21. The van der Waals surface area contributed by atoms with Crippen LogP contribution < -0.4 is 0 Å². The first-order chi connectivity index (χ1) is 8.08. The molecule has 2 aromatic rings. The summed E-state index contributed by atoms with van der Waals surface area (Å²) in [4.78, 5) is 11.9. The smallest absolute Gasteiger partial charge is 0.193 e. The lowest BCUT2D eigenvalue weighted by Gasteiger charge is -2.02. The molecule has 0 heterocycles. The summed E-state index contributed by atoms with van der Waals surface area (Å²) in [6.07, 6.45) is 0. The van der Waals surface area contributed by atoms with E-state index in [4.69, 9.17) is 0 Å². The van der Waals surface area contributed by atoms with Gasteiger partial charge in [0, 0.05) is 11.1 Å². The van der Waals surface area contributed by atoms with Crippen molar-refractivity contribution in [3.63, 3.8) is 0 Å². The molecule has 86 valence electrons. The number of rotatable bonds is 2. The standard InChI is InChI=1S/C14H10F2O/c1-9-2-4-10(5-3-9)14(17)11-6-7-12(15)13(16)8-11/h2-8H,1H3. The van der Waals surface area contributed by atoms with Crippen LogP contribution in [-0.2, 0) is 0 Å². The molecule has 0 aliphatic carbocycles. The zero-order valence-corrected chi connectivity index (χ0v) is 9.21. The summed E-state index contributed by atoms with van der Waals surface area (Å²) in [5, 5.41) is 0. The van der Waals surface area contributed by atoms with Crippen molar-refractivity contribution in [2.24, 2.45) is 0 Å². The Morgan fingerprint density at radius 3 is 2.06 bits per heavy atom. The summed E-state index contributed by atoms with van der Waals surface area (Å²) in [5.41, 5.74) is 1.64. The highest BCUT2D eigenvalue weighted by Gasteiger charge is 2.11. The molecule has 0 saturated carbocycles. The highest BCUT2D eigenvalue weighted by Crippen LogP contribution is 2.14. The first kappa shape index (κ1) is 11.5. The first-order valence-electron chi connectivity index (χ1n) is 5.14. The number of carbonyl (C=O) groups excluding carboxylic acids is 1. The Bertz CT molecular complexity index is 559. The van der Waals surface area contributed by atoms with Crippen LogP contribution in [-0.4, -0.2) is 5.78 Å². The van der Waals surface area contributed by atoms with Crippen LogP contribution in [0.15, 0.2) is 42.5 Å². The van der Waals surface area contributed by atoms with E-state index in [2.05, 4.69) is 0 Å². The topological polar surface area (TPSA) is 17.1 Å². The van der Waals surface area contributed by atoms with Crippen LogP contribution in [0, 0.1) is 18.6 Å². The van der Waals surface area contributed by atoms with Gasteiger partial charge in [0.1, 0.15) is 0 Å². The summed E-state index contributed by atoms with van der Waals surface area (Å²) in [6, 6.07) is 10.1. The summed E-state index contributed by atoms with van der Waals surface area (Å²) in [7, 11) is 0. The van der Waals surface area contributed by atoms with Gasteiger partial charge in [-0.3, -0.25) is 4.79 Å². The Hall–Kier alpha value is -2.03. The van der Waals surface area contributed by atoms with Crippen LogP contribution in [0.25, 0.3) is 0 Å². The second-order valence-electron chi connectivity index (χ2n) is 3.82. The number of carbonyl (C=O) groups is 1. The van der Waals surface area contributed by atoms with Gasteiger partial charge in [-0.15, -0.1) is 0 Å². The van der Waals surface area contributed by atoms with E-state index >= 15 is 0 Å². The van der Waals surface area contributed by atoms with E-state index in [1.165, 1.54) is 6.07 Å². The molecule has 0 aliphatic rings. The molecule has 2 aromatic carbocycles. The van der Waals surface area contributed by atoms with Crippen LogP contribution >= 0.6 is 0 Å². The van der Waals surface area contributed by atoms with Crippen molar-refractivity contribution in [2.75, 3.05) is 0 Å². The maximum Gasteiger partial charge on any atom is 0.193 e. The quantitative estimate of drug-likeness (QED) is 0.724. The normalized spacial score (nSPS) is 10.3. The van der Waals surface area contributed by atoms with Crippen LogP contribution in [0.5, 0.6) is 0 Å². The van der Waals surface area contributed by atoms with E-state index in [-0.39, 0.29) is 11.3 Å². The second-order valence-corrected chi connectivity index (χ2v) is 3.82. The number of benzene rings is 2. The van der Waals surface area contributed by atoms with Crippen molar-refractivity contribution >= 4 is 5.78 Å². The minimum absolute atomic E-state index is 0.146. The van der Waals surface area contributed by atoms with Crippen LogP contribution in [0.4, 0.5) is 8.78 Å². The third-order valence-corrected chi connectivity index (χ3v) is 2.50. The molecule has 1 nitrogen and oxygen atoms in total. The van der Waals surface area contributed by atoms with E-state index in [0.717, 1.165) is 17.7 Å². The van der Waals surface area contributed by atoms with Crippen LogP contribution in [0.2, 0.25) is 0 Å². The lowest BCUT2D eigenvalue weighted by Crippen LogP contribution is -2.02. The number of aryl methyl sites for hydroxylation is 1. The van der Waals surface area contributed by atoms with Gasteiger partial charge in [0.25, 0.3) is 0 Å². The highest BCUT2D eigenvalue weighted by molar-refractivity contribution is 6.08. The van der Waals surface area contributed by atoms with E-state index in [0.29, 0.717) is 5.56 Å². The Balaban J connectivity index is 2.37. The predicted molar refractivity (Wildman–Crippen MR) is 61.0 cm³/mol. The van der Waals surface area contributed by atoms with E-state index in [9.17, 15) is 13.6 Å². The second kappa shape index (κ2) is 4.45. The van der Waals surface area contributed by atoms with E-state index < -0.39 is 11.6 Å². The van der Waals surface area contributed by atoms with Crippen molar-refractivity contribution in [3.8, 4) is 0 Å². The number of ketones is 1. The first-order valence-corrected chi connectivity index (χ1v) is 5.14. The van der Waals surface area contributed by atoms with Gasteiger partial charge in [-0.1, -0.05) is 29.8 Å². The average molecular weight is 232 g/mol. The SMILES string of the molecule is Cc1ccc(C(=O)c2ccc(F)c(F)c2)cc1. The van der Waals surface area contributed by atoms with Gasteiger partial charge < -0.3 is 0 Å². The number of hydrogen-bond acceptors (Lipinski definition) is 1. The maximum atomic E-state index is 13.0. The largest absolute Gasteiger partial charge is 0.289 e. The fourth-order valence-electron chi connectivity index (χ4n) is 1.51. The molecule has 0 spiro atoms.